The van der Waals surface area contributed by atoms with Gasteiger partial charge in [-0.05, 0) is 41.6 Å². The van der Waals surface area contributed by atoms with E-state index in [1.54, 1.807) is 17.4 Å². The fourth-order valence-corrected chi connectivity index (χ4v) is 2.96. The molecule has 2 rings (SSSR count). The van der Waals surface area contributed by atoms with Crippen molar-refractivity contribution in [1.29, 1.82) is 0 Å². The molecule has 2 nitrogen and oxygen atoms in total. The highest BCUT2D eigenvalue weighted by molar-refractivity contribution is 7.10. The monoisotopic (exact) mass is 286 g/mol. The third-order valence-electron chi connectivity index (χ3n) is 2.52. The Labute approximate surface area is 114 Å². The van der Waals surface area contributed by atoms with Crippen LogP contribution in [0.2, 0.25) is 10.0 Å². The van der Waals surface area contributed by atoms with Crippen LogP contribution in [-0.4, -0.2) is 0 Å². The minimum atomic E-state index is -0.107. The van der Waals surface area contributed by atoms with Crippen LogP contribution in [-0.2, 0) is 0 Å². The SMILES string of the molecule is Cc1cc(C(NN)c2ccc(Cl)cc2Cl)cs1. The van der Waals surface area contributed by atoms with Crippen LogP contribution in [0.3, 0.4) is 0 Å². The number of hydrogen-bond donors (Lipinski definition) is 2. The van der Waals surface area contributed by atoms with Gasteiger partial charge in [0.2, 0.25) is 0 Å². The molecule has 0 saturated heterocycles. The summed E-state index contributed by atoms with van der Waals surface area (Å²) in [4.78, 5) is 1.24. The number of hydrogen-bond acceptors (Lipinski definition) is 3. The molecule has 1 aromatic heterocycles. The molecule has 1 heterocycles. The molecule has 90 valence electrons. The molecule has 3 N–H and O–H groups in total. The molecule has 0 radical (unpaired) electrons. The third kappa shape index (κ3) is 2.81. The Balaban J connectivity index is 2.42. The molecular formula is C12H12Cl2N2S. The number of rotatable bonds is 3. The summed E-state index contributed by atoms with van der Waals surface area (Å²) < 4.78 is 0. The number of halogens is 2. The van der Waals surface area contributed by atoms with Crippen molar-refractivity contribution in [1.82, 2.24) is 5.43 Å². The topological polar surface area (TPSA) is 38.0 Å². The van der Waals surface area contributed by atoms with Crippen molar-refractivity contribution in [3.8, 4) is 0 Å². The third-order valence-corrected chi connectivity index (χ3v) is 3.97. The first-order valence-electron chi connectivity index (χ1n) is 5.08. The summed E-state index contributed by atoms with van der Waals surface area (Å²) >= 11 is 13.8. The number of benzene rings is 1. The summed E-state index contributed by atoms with van der Waals surface area (Å²) in [6.07, 6.45) is 0. The second-order valence-corrected chi connectivity index (χ2v) is 5.72. The van der Waals surface area contributed by atoms with Gasteiger partial charge in [-0.3, -0.25) is 5.84 Å². The van der Waals surface area contributed by atoms with Crippen LogP contribution in [0.1, 0.15) is 22.0 Å². The highest BCUT2D eigenvalue weighted by atomic mass is 35.5. The van der Waals surface area contributed by atoms with E-state index in [2.05, 4.69) is 23.8 Å². The Morgan fingerprint density at radius 2 is 2.06 bits per heavy atom. The molecule has 1 unspecified atom stereocenters. The van der Waals surface area contributed by atoms with Crippen molar-refractivity contribution >= 4 is 34.5 Å². The summed E-state index contributed by atoms with van der Waals surface area (Å²) in [5, 5.41) is 3.31. The zero-order valence-electron chi connectivity index (χ0n) is 9.21. The molecule has 1 atom stereocenters. The largest absolute Gasteiger partial charge is 0.271 e. The minimum Gasteiger partial charge on any atom is -0.271 e. The van der Waals surface area contributed by atoms with Crippen molar-refractivity contribution in [2.24, 2.45) is 5.84 Å². The van der Waals surface area contributed by atoms with Gasteiger partial charge in [0.15, 0.2) is 0 Å². The zero-order chi connectivity index (χ0) is 12.4. The first-order valence-corrected chi connectivity index (χ1v) is 6.71. The Morgan fingerprint density at radius 3 is 2.59 bits per heavy atom. The van der Waals surface area contributed by atoms with Gasteiger partial charge < -0.3 is 0 Å². The van der Waals surface area contributed by atoms with E-state index in [4.69, 9.17) is 29.0 Å². The molecule has 0 amide bonds. The lowest BCUT2D eigenvalue weighted by Gasteiger charge is -2.16. The molecule has 0 bridgehead atoms. The summed E-state index contributed by atoms with van der Waals surface area (Å²) in [5.74, 6) is 5.62. The second kappa shape index (κ2) is 5.38. The van der Waals surface area contributed by atoms with Crippen molar-refractivity contribution in [3.05, 3.63) is 55.7 Å². The molecule has 17 heavy (non-hydrogen) atoms. The number of nitrogens with one attached hydrogen (secondary N) is 1. The Bertz CT molecular complexity index is 525. The van der Waals surface area contributed by atoms with Crippen LogP contribution in [0, 0.1) is 6.92 Å². The molecule has 0 aliphatic rings. The van der Waals surface area contributed by atoms with Crippen LogP contribution in [0.5, 0.6) is 0 Å². The van der Waals surface area contributed by atoms with Crippen molar-refractivity contribution in [2.45, 2.75) is 13.0 Å². The zero-order valence-corrected chi connectivity index (χ0v) is 11.5. The lowest BCUT2D eigenvalue weighted by molar-refractivity contribution is 0.639. The Hall–Kier alpha value is -0.580. The average molecular weight is 287 g/mol. The van der Waals surface area contributed by atoms with Gasteiger partial charge in [0.05, 0.1) is 6.04 Å². The van der Waals surface area contributed by atoms with E-state index in [0.717, 1.165) is 11.1 Å². The summed E-state index contributed by atoms with van der Waals surface area (Å²) in [5.41, 5.74) is 4.82. The maximum atomic E-state index is 6.18. The van der Waals surface area contributed by atoms with Gasteiger partial charge in [0, 0.05) is 14.9 Å². The van der Waals surface area contributed by atoms with E-state index < -0.39 is 0 Å². The lowest BCUT2D eigenvalue weighted by atomic mass is 10.0. The maximum absolute atomic E-state index is 6.18. The van der Waals surface area contributed by atoms with Gasteiger partial charge in [-0.15, -0.1) is 11.3 Å². The molecular weight excluding hydrogens is 275 g/mol. The summed E-state index contributed by atoms with van der Waals surface area (Å²) in [7, 11) is 0. The highest BCUT2D eigenvalue weighted by Gasteiger charge is 2.16. The highest BCUT2D eigenvalue weighted by Crippen LogP contribution is 2.31. The van der Waals surface area contributed by atoms with Crippen LogP contribution in [0.4, 0.5) is 0 Å². The van der Waals surface area contributed by atoms with E-state index in [-0.39, 0.29) is 6.04 Å². The van der Waals surface area contributed by atoms with Gasteiger partial charge in [0.25, 0.3) is 0 Å². The van der Waals surface area contributed by atoms with Crippen LogP contribution < -0.4 is 11.3 Å². The smallest absolute Gasteiger partial charge is 0.0732 e. The maximum Gasteiger partial charge on any atom is 0.0732 e. The van der Waals surface area contributed by atoms with Crippen LogP contribution in [0.25, 0.3) is 0 Å². The van der Waals surface area contributed by atoms with Crippen molar-refractivity contribution in [3.63, 3.8) is 0 Å². The van der Waals surface area contributed by atoms with Gasteiger partial charge in [0.1, 0.15) is 0 Å². The number of hydrazine groups is 1. The quantitative estimate of drug-likeness (QED) is 0.663. The van der Waals surface area contributed by atoms with Crippen molar-refractivity contribution < 1.29 is 0 Å². The normalized spacial score (nSPS) is 12.7. The average Bonchev–Trinajstić information content (AvgIpc) is 2.69. The van der Waals surface area contributed by atoms with E-state index >= 15 is 0 Å². The summed E-state index contributed by atoms with van der Waals surface area (Å²) in [6.45, 7) is 2.06. The molecule has 0 fully saturated rings. The fourth-order valence-electron chi connectivity index (χ4n) is 1.72. The predicted octanol–water partition coefficient (Wildman–Crippen LogP) is 3.92. The summed E-state index contributed by atoms with van der Waals surface area (Å²) in [6, 6.07) is 7.42. The Morgan fingerprint density at radius 1 is 1.29 bits per heavy atom. The second-order valence-electron chi connectivity index (χ2n) is 3.76. The lowest BCUT2D eigenvalue weighted by Crippen LogP contribution is -2.28. The van der Waals surface area contributed by atoms with E-state index in [1.807, 2.05) is 12.1 Å². The van der Waals surface area contributed by atoms with Gasteiger partial charge in [-0.2, -0.15) is 0 Å². The molecule has 2 aromatic rings. The molecule has 0 spiro atoms. The molecule has 0 aliphatic heterocycles. The van der Waals surface area contributed by atoms with Gasteiger partial charge >= 0.3 is 0 Å². The first-order chi connectivity index (χ1) is 8.11. The standard InChI is InChI=1S/C12H12Cl2N2S/c1-7-4-8(6-17-7)12(16-15)10-3-2-9(13)5-11(10)14/h2-6,12,16H,15H2,1H3. The minimum absolute atomic E-state index is 0.107. The molecule has 0 aliphatic carbocycles. The van der Waals surface area contributed by atoms with Gasteiger partial charge in [-0.25, -0.2) is 5.43 Å². The predicted molar refractivity (Wildman–Crippen MR) is 74.7 cm³/mol. The van der Waals surface area contributed by atoms with E-state index in [1.165, 1.54) is 4.88 Å². The number of nitrogens with two attached hydrogens (primary N) is 1. The fraction of sp³-hybridized carbons (Fsp3) is 0.167. The number of aryl methyl sites for hydroxylation is 1. The molecule has 5 heteroatoms. The van der Waals surface area contributed by atoms with Crippen LogP contribution >= 0.6 is 34.5 Å². The van der Waals surface area contributed by atoms with E-state index in [9.17, 15) is 0 Å². The first kappa shape index (κ1) is 12.9. The van der Waals surface area contributed by atoms with E-state index in [0.29, 0.717) is 10.0 Å². The molecule has 1 aromatic carbocycles. The number of thiophene rings is 1. The van der Waals surface area contributed by atoms with Crippen molar-refractivity contribution in [2.75, 3.05) is 0 Å². The van der Waals surface area contributed by atoms with Crippen LogP contribution in [0.15, 0.2) is 29.6 Å². The van der Waals surface area contributed by atoms with Gasteiger partial charge in [-0.1, -0.05) is 29.3 Å². The molecule has 0 saturated carbocycles. The Kier molecular flexibility index (Phi) is 4.07.